The Balaban J connectivity index is 1.64. The summed E-state index contributed by atoms with van der Waals surface area (Å²) < 4.78 is 5.13. The molecule has 9 nitrogen and oxygen atoms in total. The van der Waals surface area contributed by atoms with E-state index in [0.29, 0.717) is 28.3 Å². The van der Waals surface area contributed by atoms with Crippen molar-refractivity contribution in [1.82, 2.24) is 5.43 Å². The Morgan fingerprint density at radius 1 is 1.00 bits per heavy atom. The molecule has 1 heterocycles. The second-order valence-corrected chi connectivity index (χ2v) is 6.82. The molecule has 0 aliphatic rings. The van der Waals surface area contributed by atoms with Crippen LogP contribution in [0.3, 0.4) is 0 Å². The molecule has 2 N–H and O–H groups in total. The number of furan rings is 1. The van der Waals surface area contributed by atoms with Gasteiger partial charge in [0.15, 0.2) is 0 Å². The van der Waals surface area contributed by atoms with Gasteiger partial charge in [0.1, 0.15) is 5.76 Å². The highest BCUT2D eigenvalue weighted by molar-refractivity contribution is 6.05. The maximum atomic E-state index is 12.3. The van der Waals surface area contributed by atoms with Crippen molar-refractivity contribution < 1.29 is 18.9 Å². The summed E-state index contributed by atoms with van der Waals surface area (Å²) in [4.78, 5) is 34.9. The molecule has 0 saturated heterocycles. The summed E-state index contributed by atoms with van der Waals surface area (Å²) >= 11 is 0. The summed E-state index contributed by atoms with van der Waals surface area (Å²) in [5, 5.41) is 17.8. The molecule has 0 spiro atoms. The van der Waals surface area contributed by atoms with Gasteiger partial charge in [-0.2, -0.15) is 5.10 Å². The van der Waals surface area contributed by atoms with E-state index in [-0.39, 0.29) is 17.2 Å². The summed E-state index contributed by atoms with van der Waals surface area (Å²) in [6.07, 6.45) is 1.46. The first-order valence-electron chi connectivity index (χ1n) is 9.32. The topological polar surface area (TPSA) is 127 Å². The van der Waals surface area contributed by atoms with Crippen LogP contribution in [-0.4, -0.2) is 22.4 Å². The van der Waals surface area contributed by atoms with Crippen molar-refractivity contribution in [2.45, 2.75) is 20.8 Å². The fourth-order valence-corrected chi connectivity index (χ4v) is 2.88. The Hall–Kier alpha value is -4.27. The number of carbonyl (C=O) groups is 2. The molecule has 0 bridgehead atoms. The van der Waals surface area contributed by atoms with Gasteiger partial charge in [0.05, 0.1) is 22.5 Å². The summed E-state index contributed by atoms with van der Waals surface area (Å²) in [5.74, 6) is -0.206. The number of hydrazone groups is 1. The van der Waals surface area contributed by atoms with Gasteiger partial charge in [-0.3, -0.25) is 19.7 Å². The Morgan fingerprint density at radius 2 is 1.68 bits per heavy atom. The SMILES string of the molecule is C/C(=N\NC(=O)c1ccc([N+](=O)[O-])c(C)c1)c1ccc(NC(=O)c2ccoc2C)cc1. The van der Waals surface area contributed by atoms with Gasteiger partial charge < -0.3 is 9.73 Å². The van der Waals surface area contributed by atoms with E-state index in [2.05, 4.69) is 15.8 Å². The molecule has 158 valence electrons. The molecule has 9 heteroatoms. The van der Waals surface area contributed by atoms with Crippen molar-refractivity contribution in [3.8, 4) is 0 Å². The first-order valence-corrected chi connectivity index (χ1v) is 9.32. The number of benzene rings is 2. The molecular weight excluding hydrogens is 400 g/mol. The summed E-state index contributed by atoms with van der Waals surface area (Å²) in [5.41, 5.74) is 5.42. The number of hydrogen-bond acceptors (Lipinski definition) is 6. The molecule has 0 aliphatic heterocycles. The predicted molar refractivity (Wildman–Crippen MR) is 115 cm³/mol. The highest BCUT2D eigenvalue weighted by atomic mass is 16.6. The van der Waals surface area contributed by atoms with E-state index in [9.17, 15) is 19.7 Å². The number of nitro benzene ring substituents is 1. The van der Waals surface area contributed by atoms with E-state index in [1.165, 1.54) is 24.5 Å². The lowest BCUT2D eigenvalue weighted by Crippen LogP contribution is -2.19. The maximum absolute atomic E-state index is 12.3. The number of anilines is 1. The van der Waals surface area contributed by atoms with E-state index in [1.54, 1.807) is 51.1 Å². The maximum Gasteiger partial charge on any atom is 0.272 e. The van der Waals surface area contributed by atoms with Crippen LogP contribution in [0.25, 0.3) is 0 Å². The summed E-state index contributed by atoms with van der Waals surface area (Å²) in [7, 11) is 0. The van der Waals surface area contributed by atoms with Gasteiger partial charge in [0.2, 0.25) is 0 Å². The van der Waals surface area contributed by atoms with Crippen molar-refractivity contribution in [2.24, 2.45) is 5.10 Å². The average Bonchev–Trinajstić information content (AvgIpc) is 3.18. The Labute approximate surface area is 177 Å². The van der Waals surface area contributed by atoms with Crippen LogP contribution >= 0.6 is 0 Å². The molecule has 0 unspecified atom stereocenters. The van der Waals surface area contributed by atoms with Crippen LogP contribution < -0.4 is 10.7 Å². The molecular formula is C22H20N4O5. The average molecular weight is 420 g/mol. The van der Waals surface area contributed by atoms with Gasteiger partial charge in [-0.15, -0.1) is 0 Å². The number of nitrogens with one attached hydrogen (secondary N) is 2. The fourth-order valence-electron chi connectivity index (χ4n) is 2.88. The van der Waals surface area contributed by atoms with Gasteiger partial charge in [0.25, 0.3) is 17.5 Å². The summed E-state index contributed by atoms with van der Waals surface area (Å²) in [6, 6.07) is 12.7. The Kier molecular flexibility index (Phi) is 6.25. The van der Waals surface area contributed by atoms with Crippen LogP contribution in [0.15, 0.2) is 64.3 Å². The van der Waals surface area contributed by atoms with Crippen molar-refractivity contribution >= 4 is 28.9 Å². The highest BCUT2D eigenvalue weighted by Gasteiger charge is 2.14. The largest absolute Gasteiger partial charge is 0.469 e. The first kappa shape index (κ1) is 21.4. The molecule has 3 aromatic rings. The van der Waals surface area contributed by atoms with Crippen LogP contribution in [0, 0.1) is 24.0 Å². The van der Waals surface area contributed by atoms with Crippen molar-refractivity contribution in [3.63, 3.8) is 0 Å². The van der Waals surface area contributed by atoms with Crippen LogP contribution in [0.4, 0.5) is 11.4 Å². The van der Waals surface area contributed by atoms with Crippen LogP contribution in [0.5, 0.6) is 0 Å². The molecule has 0 fully saturated rings. The molecule has 31 heavy (non-hydrogen) atoms. The smallest absolute Gasteiger partial charge is 0.272 e. The minimum atomic E-state index is -0.498. The molecule has 2 amide bonds. The van der Waals surface area contributed by atoms with Gasteiger partial charge in [-0.1, -0.05) is 12.1 Å². The Bertz CT molecular complexity index is 1180. The van der Waals surface area contributed by atoms with E-state index in [0.717, 1.165) is 5.56 Å². The number of hydrogen-bond donors (Lipinski definition) is 2. The lowest BCUT2D eigenvalue weighted by atomic mass is 10.1. The summed E-state index contributed by atoms with van der Waals surface area (Å²) in [6.45, 7) is 5.01. The van der Waals surface area contributed by atoms with Gasteiger partial charge in [0, 0.05) is 22.9 Å². The molecule has 0 radical (unpaired) electrons. The third-order valence-electron chi connectivity index (χ3n) is 4.64. The Morgan fingerprint density at radius 3 is 2.26 bits per heavy atom. The molecule has 2 aromatic carbocycles. The monoisotopic (exact) mass is 420 g/mol. The van der Waals surface area contributed by atoms with Crippen molar-refractivity contribution in [3.05, 3.63) is 92.9 Å². The fraction of sp³-hybridized carbons (Fsp3) is 0.136. The van der Waals surface area contributed by atoms with Crippen LogP contribution in [0.2, 0.25) is 0 Å². The minimum absolute atomic E-state index is 0.0497. The lowest BCUT2D eigenvalue weighted by Gasteiger charge is -2.07. The van der Waals surface area contributed by atoms with Gasteiger partial charge in [-0.25, -0.2) is 5.43 Å². The van der Waals surface area contributed by atoms with E-state index < -0.39 is 10.8 Å². The first-order chi connectivity index (χ1) is 14.8. The van der Waals surface area contributed by atoms with Gasteiger partial charge in [-0.05, 0) is 56.7 Å². The number of rotatable bonds is 6. The van der Waals surface area contributed by atoms with E-state index >= 15 is 0 Å². The molecule has 3 rings (SSSR count). The quantitative estimate of drug-likeness (QED) is 0.351. The standard InChI is InChI=1S/C22H20N4O5/c1-13-12-17(6-9-20(13)26(29)30)21(27)25-24-14(2)16-4-7-18(8-5-16)23-22(28)19-10-11-31-15(19)3/h4-12H,1-3H3,(H,23,28)(H,25,27)/b24-14+. The number of nitro groups is 1. The predicted octanol–water partition coefficient (Wildman–Crippen LogP) is 4.21. The third-order valence-corrected chi connectivity index (χ3v) is 4.64. The zero-order valence-electron chi connectivity index (χ0n) is 17.1. The molecule has 0 atom stereocenters. The third kappa shape index (κ3) is 5.02. The number of nitrogens with zero attached hydrogens (tertiary/aromatic N) is 2. The van der Waals surface area contributed by atoms with E-state index in [4.69, 9.17) is 4.42 Å². The second kappa shape index (κ2) is 9.04. The molecule has 0 saturated carbocycles. The highest BCUT2D eigenvalue weighted by Crippen LogP contribution is 2.19. The minimum Gasteiger partial charge on any atom is -0.469 e. The lowest BCUT2D eigenvalue weighted by molar-refractivity contribution is -0.385. The molecule has 0 aliphatic carbocycles. The van der Waals surface area contributed by atoms with Crippen molar-refractivity contribution in [2.75, 3.05) is 5.32 Å². The normalized spacial score (nSPS) is 11.1. The molecule has 1 aromatic heterocycles. The van der Waals surface area contributed by atoms with Crippen LogP contribution in [-0.2, 0) is 0 Å². The van der Waals surface area contributed by atoms with Crippen LogP contribution in [0.1, 0.15) is 44.5 Å². The van der Waals surface area contributed by atoms with Gasteiger partial charge >= 0.3 is 0 Å². The zero-order chi connectivity index (χ0) is 22.5. The number of carbonyl (C=O) groups excluding carboxylic acids is 2. The zero-order valence-corrected chi connectivity index (χ0v) is 17.1. The number of amides is 2. The van der Waals surface area contributed by atoms with E-state index in [1.807, 2.05) is 0 Å². The van der Waals surface area contributed by atoms with Crippen molar-refractivity contribution in [1.29, 1.82) is 0 Å². The second-order valence-electron chi connectivity index (χ2n) is 6.82. The number of aryl methyl sites for hydroxylation is 2.